The zero-order valence-corrected chi connectivity index (χ0v) is 18.3. The summed E-state index contributed by atoms with van der Waals surface area (Å²) in [6.45, 7) is 4.82. The van der Waals surface area contributed by atoms with Crippen molar-refractivity contribution in [1.82, 2.24) is 29.6 Å². The van der Waals surface area contributed by atoms with Gasteiger partial charge in [0.25, 0.3) is 5.95 Å². The topological polar surface area (TPSA) is 135 Å². The Kier molecular flexibility index (Phi) is 4.90. The molecule has 1 aliphatic rings. The van der Waals surface area contributed by atoms with E-state index in [4.69, 9.17) is 15.3 Å². The highest BCUT2D eigenvalue weighted by Gasteiger charge is 2.18. The van der Waals surface area contributed by atoms with E-state index in [9.17, 15) is 4.79 Å². The van der Waals surface area contributed by atoms with E-state index in [2.05, 4.69) is 25.6 Å². The molecule has 0 spiro atoms. The van der Waals surface area contributed by atoms with E-state index >= 15 is 0 Å². The average molecular weight is 459 g/mol. The maximum atomic E-state index is 12.4. The zero-order chi connectivity index (χ0) is 21.5. The molecule has 1 aromatic carbocycles. The Morgan fingerprint density at radius 2 is 2.00 bits per heavy atom. The molecule has 13 heteroatoms. The number of anilines is 1. The first kappa shape index (κ1) is 19.6. The smallest absolute Gasteiger partial charge is 0.271 e. The molecule has 4 aromatic rings. The molecule has 0 aliphatic carbocycles. The number of aryl methyl sites for hydroxylation is 2. The Balaban J connectivity index is 1.26. The fraction of sp³-hybridized carbons (Fsp3) is 0.278. The molecule has 0 saturated heterocycles. The van der Waals surface area contributed by atoms with E-state index in [1.807, 2.05) is 32.0 Å². The number of nitrogens with one attached hydrogen (secondary N) is 1. The second-order valence-electron chi connectivity index (χ2n) is 6.81. The second-order valence-corrected chi connectivity index (χ2v) is 8.78. The quantitative estimate of drug-likeness (QED) is 0.339. The number of benzene rings is 1. The van der Waals surface area contributed by atoms with Crippen LogP contribution >= 0.6 is 23.1 Å². The van der Waals surface area contributed by atoms with Crippen molar-refractivity contribution in [2.75, 3.05) is 30.1 Å². The Bertz CT molecular complexity index is 1250. The van der Waals surface area contributed by atoms with Gasteiger partial charge in [-0.1, -0.05) is 23.1 Å². The number of hydrogen-bond acceptors (Lipinski definition) is 10. The summed E-state index contributed by atoms with van der Waals surface area (Å²) in [7, 11) is 0. The summed E-state index contributed by atoms with van der Waals surface area (Å²) in [5.41, 5.74) is 2.48. The number of thioether (sulfide) groups is 1. The number of nitrogens with zero attached hydrogens (tertiary/aromatic N) is 6. The van der Waals surface area contributed by atoms with Crippen LogP contribution in [0.15, 0.2) is 23.4 Å². The maximum Gasteiger partial charge on any atom is 0.271 e. The number of rotatable bonds is 5. The molecular formula is C18H18N8O3S2. The minimum atomic E-state index is -0.225. The minimum Gasteiger partial charge on any atom is -0.486 e. The van der Waals surface area contributed by atoms with Crippen molar-refractivity contribution >= 4 is 44.4 Å². The first-order chi connectivity index (χ1) is 15.0. The second kappa shape index (κ2) is 7.74. The van der Waals surface area contributed by atoms with Crippen LogP contribution in [0, 0.1) is 13.8 Å². The fourth-order valence-corrected chi connectivity index (χ4v) is 4.69. The molecule has 31 heavy (non-hydrogen) atoms. The van der Waals surface area contributed by atoms with Crippen molar-refractivity contribution in [2.45, 2.75) is 19.0 Å². The van der Waals surface area contributed by atoms with Crippen LogP contribution in [0.5, 0.6) is 11.5 Å². The highest BCUT2D eigenvalue weighted by molar-refractivity contribution is 7.99. The van der Waals surface area contributed by atoms with Gasteiger partial charge >= 0.3 is 0 Å². The fourth-order valence-electron chi connectivity index (χ4n) is 3.15. The highest BCUT2D eigenvalue weighted by atomic mass is 32.2. The summed E-state index contributed by atoms with van der Waals surface area (Å²) in [4.78, 5) is 16.9. The number of nitrogen functional groups attached to an aromatic ring is 1. The Labute approximate surface area is 184 Å². The summed E-state index contributed by atoms with van der Waals surface area (Å²) in [5, 5.41) is 16.2. The number of amides is 1. The van der Waals surface area contributed by atoms with Gasteiger partial charge in [0, 0.05) is 17.8 Å². The van der Waals surface area contributed by atoms with E-state index in [1.165, 1.54) is 27.8 Å². The molecule has 0 fully saturated rings. The predicted octanol–water partition coefficient (Wildman–Crippen LogP) is 1.91. The van der Waals surface area contributed by atoms with Crippen molar-refractivity contribution in [3.8, 4) is 17.4 Å². The van der Waals surface area contributed by atoms with Crippen LogP contribution in [-0.4, -0.2) is 54.5 Å². The van der Waals surface area contributed by atoms with Crippen molar-refractivity contribution in [3.63, 3.8) is 0 Å². The van der Waals surface area contributed by atoms with Gasteiger partial charge < -0.3 is 20.6 Å². The van der Waals surface area contributed by atoms with E-state index in [1.54, 1.807) is 4.68 Å². The Morgan fingerprint density at radius 3 is 2.74 bits per heavy atom. The molecule has 0 unspecified atom stereocenters. The van der Waals surface area contributed by atoms with Crippen LogP contribution in [0.25, 0.3) is 16.2 Å². The number of fused-ring (bicyclic) bond motifs is 2. The summed E-state index contributed by atoms with van der Waals surface area (Å²) in [6.07, 6.45) is 0. The lowest BCUT2D eigenvalue weighted by Crippen LogP contribution is -2.18. The van der Waals surface area contributed by atoms with Crippen LogP contribution < -0.4 is 20.6 Å². The van der Waals surface area contributed by atoms with Gasteiger partial charge in [0.15, 0.2) is 16.6 Å². The number of thiazole rings is 1. The molecule has 5 rings (SSSR count). The Morgan fingerprint density at radius 1 is 1.23 bits per heavy atom. The number of aromatic nitrogens is 6. The molecule has 1 amide bonds. The van der Waals surface area contributed by atoms with Crippen LogP contribution in [0.4, 0.5) is 5.13 Å². The van der Waals surface area contributed by atoms with Gasteiger partial charge in [-0.3, -0.25) is 4.79 Å². The third kappa shape index (κ3) is 3.77. The molecule has 0 atom stereocenters. The number of hydrogen-bond donors (Lipinski definition) is 2. The highest BCUT2D eigenvalue weighted by Crippen LogP contribution is 2.37. The van der Waals surface area contributed by atoms with Gasteiger partial charge in [-0.2, -0.15) is 5.10 Å². The van der Waals surface area contributed by atoms with Crippen LogP contribution in [0.3, 0.4) is 0 Å². The van der Waals surface area contributed by atoms with Gasteiger partial charge in [0.05, 0.1) is 21.7 Å². The first-order valence-electron chi connectivity index (χ1n) is 9.35. The van der Waals surface area contributed by atoms with Gasteiger partial charge in [0.2, 0.25) is 11.1 Å². The average Bonchev–Trinajstić information content (AvgIpc) is 3.40. The molecule has 3 aromatic heterocycles. The zero-order valence-electron chi connectivity index (χ0n) is 16.7. The van der Waals surface area contributed by atoms with Crippen LogP contribution in [0.2, 0.25) is 0 Å². The first-order valence-corrected chi connectivity index (χ1v) is 11.1. The normalized spacial score (nSPS) is 13.0. The van der Waals surface area contributed by atoms with Crippen molar-refractivity contribution in [1.29, 1.82) is 0 Å². The molecule has 0 bridgehead atoms. The molecule has 1 aliphatic heterocycles. The van der Waals surface area contributed by atoms with Gasteiger partial charge in [0.1, 0.15) is 13.2 Å². The minimum absolute atomic E-state index is 0.102. The van der Waals surface area contributed by atoms with E-state index < -0.39 is 0 Å². The lowest BCUT2D eigenvalue weighted by Gasteiger charge is -2.17. The molecule has 11 nitrogen and oxygen atoms in total. The predicted molar refractivity (Wildman–Crippen MR) is 117 cm³/mol. The maximum absolute atomic E-state index is 12.4. The molecule has 3 N–H and O–H groups in total. The van der Waals surface area contributed by atoms with E-state index in [0.717, 1.165) is 21.6 Å². The molecule has 4 heterocycles. The lowest BCUT2D eigenvalue weighted by molar-refractivity contribution is -0.113. The number of carbonyl (C=O) groups excluding carboxylic acids is 1. The largest absolute Gasteiger partial charge is 0.486 e. The lowest BCUT2D eigenvalue weighted by atomic mass is 10.3. The standard InChI is InChI=1S/C18H18N8O3S2/c1-9-5-10(2)26(24-9)17-22-23-18(25(17)19)30-8-15(27)21-16-20-11-6-12-13(7-14(11)31-16)29-4-3-28-12/h5-7H,3-4,8,19H2,1-2H3,(H,20,21,27). The number of ether oxygens (including phenoxy) is 2. The van der Waals surface area contributed by atoms with Gasteiger partial charge in [-0.25, -0.2) is 14.3 Å². The number of carbonyl (C=O) groups is 1. The molecule has 0 saturated carbocycles. The van der Waals surface area contributed by atoms with E-state index in [-0.39, 0.29) is 11.7 Å². The number of nitrogens with two attached hydrogens (primary N) is 1. The molecule has 160 valence electrons. The third-order valence-electron chi connectivity index (χ3n) is 4.48. The Hall–Kier alpha value is -3.32. The van der Waals surface area contributed by atoms with Gasteiger partial charge in [-0.15, -0.1) is 10.2 Å². The van der Waals surface area contributed by atoms with Crippen molar-refractivity contribution in [2.24, 2.45) is 0 Å². The summed E-state index contributed by atoms with van der Waals surface area (Å²) in [5.74, 6) is 7.72. The van der Waals surface area contributed by atoms with Crippen LogP contribution in [0.1, 0.15) is 11.4 Å². The van der Waals surface area contributed by atoms with E-state index in [0.29, 0.717) is 40.9 Å². The molecule has 0 radical (unpaired) electrons. The monoisotopic (exact) mass is 458 g/mol. The van der Waals surface area contributed by atoms with Crippen molar-refractivity contribution in [3.05, 3.63) is 29.6 Å². The van der Waals surface area contributed by atoms with Crippen LogP contribution in [-0.2, 0) is 4.79 Å². The summed E-state index contributed by atoms with van der Waals surface area (Å²) < 4.78 is 15.0. The van der Waals surface area contributed by atoms with Crippen molar-refractivity contribution < 1.29 is 14.3 Å². The molecular weight excluding hydrogens is 440 g/mol. The third-order valence-corrected chi connectivity index (χ3v) is 6.35. The summed E-state index contributed by atoms with van der Waals surface area (Å²) >= 11 is 2.55. The summed E-state index contributed by atoms with van der Waals surface area (Å²) in [6, 6.07) is 5.62. The van der Waals surface area contributed by atoms with Gasteiger partial charge in [-0.05, 0) is 19.9 Å². The SMILES string of the molecule is Cc1cc(C)n(-c2nnc(SCC(=O)Nc3nc4cc5c(cc4s3)OCCO5)n2N)n1.